The van der Waals surface area contributed by atoms with E-state index in [1.165, 1.54) is 32.4 Å². The fourth-order valence-corrected chi connectivity index (χ4v) is 2.70. The minimum absolute atomic E-state index is 0.244. The first-order chi connectivity index (χ1) is 14.5. The molecule has 3 rings (SSSR count). The van der Waals surface area contributed by atoms with Gasteiger partial charge in [0.05, 0.1) is 21.3 Å². The quantitative estimate of drug-likeness (QED) is 0.328. The lowest BCUT2D eigenvalue weighted by atomic mass is 10.2. The molecule has 0 aliphatic heterocycles. The van der Waals surface area contributed by atoms with Crippen LogP contribution in [0.15, 0.2) is 59.0 Å². The highest BCUT2D eigenvalue weighted by Gasteiger charge is 2.10. The third-order valence-corrected chi connectivity index (χ3v) is 4.14. The maximum atomic E-state index is 12.2. The number of carbonyl (C=O) groups is 2. The SMILES string of the molecule is COC(=O)/C=C/c1ccc(OC(=O)/C=C/c2cc3cccc(OC)c3o2)c(OC)c1. The number of methoxy groups -OCH3 is 3. The van der Waals surface area contributed by atoms with E-state index >= 15 is 0 Å². The molecule has 0 bridgehead atoms. The second-order valence-electron chi connectivity index (χ2n) is 6.05. The van der Waals surface area contributed by atoms with Gasteiger partial charge in [0.1, 0.15) is 5.76 Å². The summed E-state index contributed by atoms with van der Waals surface area (Å²) in [7, 11) is 4.32. The number of hydrogen-bond donors (Lipinski definition) is 0. The number of fused-ring (bicyclic) bond motifs is 1. The monoisotopic (exact) mass is 408 g/mol. The molecule has 1 aromatic heterocycles. The maximum absolute atomic E-state index is 12.2. The summed E-state index contributed by atoms with van der Waals surface area (Å²) in [6.07, 6.45) is 5.62. The van der Waals surface area contributed by atoms with Crippen LogP contribution in [-0.2, 0) is 14.3 Å². The van der Waals surface area contributed by atoms with Crippen molar-refractivity contribution in [1.29, 1.82) is 0 Å². The maximum Gasteiger partial charge on any atom is 0.336 e. The molecule has 7 nitrogen and oxygen atoms in total. The zero-order chi connectivity index (χ0) is 21.5. The molecule has 154 valence electrons. The van der Waals surface area contributed by atoms with Crippen LogP contribution in [-0.4, -0.2) is 33.3 Å². The van der Waals surface area contributed by atoms with Crippen molar-refractivity contribution in [3.8, 4) is 17.2 Å². The third-order valence-electron chi connectivity index (χ3n) is 4.14. The highest BCUT2D eigenvalue weighted by molar-refractivity contribution is 5.91. The molecule has 1 heterocycles. The van der Waals surface area contributed by atoms with E-state index < -0.39 is 11.9 Å². The standard InChI is InChI=1S/C23H20O7/c1-26-19-6-4-5-16-14-17(29-23(16)19)9-12-22(25)30-18-10-7-15(13-20(18)27-2)8-11-21(24)28-3/h4-14H,1-3H3/b11-8+,12-9+. The fourth-order valence-electron chi connectivity index (χ4n) is 2.70. The van der Waals surface area contributed by atoms with Crippen molar-refractivity contribution in [3.63, 3.8) is 0 Å². The summed E-state index contributed by atoms with van der Waals surface area (Å²) in [6, 6.07) is 12.2. The van der Waals surface area contributed by atoms with Gasteiger partial charge in [-0.2, -0.15) is 0 Å². The van der Waals surface area contributed by atoms with Gasteiger partial charge >= 0.3 is 11.9 Å². The molecular formula is C23H20O7. The van der Waals surface area contributed by atoms with Crippen molar-refractivity contribution in [1.82, 2.24) is 0 Å². The molecule has 0 aliphatic rings. The lowest BCUT2D eigenvalue weighted by molar-refractivity contribution is -0.134. The Kier molecular flexibility index (Phi) is 6.54. The van der Waals surface area contributed by atoms with Gasteiger partial charge in [0.15, 0.2) is 22.8 Å². The number of para-hydroxylation sites is 1. The van der Waals surface area contributed by atoms with Crippen LogP contribution in [0.3, 0.4) is 0 Å². The second kappa shape index (κ2) is 9.47. The van der Waals surface area contributed by atoms with Crippen LogP contribution in [0.1, 0.15) is 11.3 Å². The molecule has 0 N–H and O–H groups in total. The summed E-state index contributed by atoms with van der Waals surface area (Å²) in [6.45, 7) is 0. The van der Waals surface area contributed by atoms with Gasteiger partial charge in [-0.15, -0.1) is 0 Å². The largest absolute Gasteiger partial charge is 0.493 e. The fraction of sp³-hybridized carbons (Fsp3) is 0.130. The Morgan fingerprint density at radius 1 is 0.833 bits per heavy atom. The molecule has 0 spiro atoms. The zero-order valence-electron chi connectivity index (χ0n) is 16.7. The first kappa shape index (κ1) is 20.7. The van der Waals surface area contributed by atoms with Gasteiger partial charge in [-0.25, -0.2) is 9.59 Å². The first-order valence-corrected chi connectivity index (χ1v) is 8.94. The normalized spacial score (nSPS) is 11.2. The molecular weight excluding hydrogens is 388 g/mol. The van der Waals surface area contributed by atoms with Gasteiger partial charge in [-0.3, -0.25) is 0 Å². The lowest BCUT2D eigenvalue weighted by Gasteiger charge is -2.08. The van der Waals surface area contributed by atoms with E-state index in [2.05, 4.69) is 4.74 Å². The number of esters is 2. The molecule has 0 fully saturated rings. The number of carbonyl (C=O) groups excluding carboxylic acids is 2. The van der Waals surface area contributed by atoms with E-state index in [0.29, 0.717) is 28.4 Å². The molecule has 3 aromatic rings. The molecule has 2 aromatic carbocycles. The van der Waals surface area contributed by atoms with Gasteiger partial charge in [0, 0.05) is 17.5 Å². The zero-order valence-corrected chi connectivity index (χ0v) is 16.7. The van der Waals surface area contributed by atoms with E-state index in [4.69, 9.17) is 18.6 Å². The predicted molar refractivity (Wildman–Crippen MR) is 111 cm³/mol. The molecule has 0 radical (unpaired) electrons. The summed E-state index contributed by atoms with van der Waals surface area (Å²) >= 11 is 0. The molecule has 0 amide bonds. The van der Waals surface area contributed by atoms with Crippen LogP contribution in [0, 0.1) is 0 Å². The summed E-state index contributed by atoms with van der Waals surface area (Å²) < 4.78 is 26.1. The Balaban J connectivity index is 1.72. The first-order valence-electron chi connectivity index (χ1n) is 8.94. The van der Waals surface area contributed by atoms with Crippen molar-refractivity contribution in [2.75, 3.05) is 21.3 Å². The van der Waals surface area contributed by atoms with Crippen molar-refractivity contribution >= 4 is 35.1 Å². The van der Waals surface area contributed by atoms with Crippen LogP contribution in [0.2, 0.25) is 0 Å². The van der Waals surface area contributed by atoms with E-state index in [0.717, 1.165) is 5.39 Å². The summed E-state index contributed by atoms with van der Waals surface area (Å²) in [4.78, 5) is 23.4. The van der Waals surface area contributed by atoms with Crippen molar-refractivity contribution < 1.29 is 33.0 Å². The van der Waals surface area contributed by atoms with E-state index in [-0.39, 0.29) is 5.75 Å². The van der Waals surface area contributed by atoms with Crippen molar-refractivity contribution in [2.24, 2.45) is 0 Å². The Morgan fingerprint density at radius 2 is 1.60 bits per heavy atom. The van der Waals surface area contributed by atoms with Crippen LogP contribution in [0.4, 0.5) is 0 Å². The van der Waals surface area contributed by atoms with E-state index in [1.807, 2.05) is 12.1 Å². The lowest BCUT2D eigenvalue weighted by Crippen LogP contribution is -2.05. The van der Waals surface area contributed by atoms with Crippen LogP contribution < -0.4 is 14.2 Å². The van der Waals surface area contributed by atoms with Gasteiger partial charge in [0.25, 0.3) is 0 Å². The van der Waals surface area contributed by atoms with Crippen LogP contribution in [0.25, 0.3) is 23.1 Å². The minimum atomic E-state index is -0.599. The third kappa shape index (κ3) is 4.88. The smallest absolute Gasteiger partial charge is 0.336 e. The number of benzene rings is 2. The topological polar surface area (TPSA) is 84.2 Å². The Labute approximate surface area is 173 Å². The van der Waals surface area contributed by atoms with Gasteiger partial charge < -0.3 is 23.4 Å². The Morgan fingerprint density at radius 3 is 2.33 bits per heavy atom. The number of rotatable bonds is 7. The highest BCUT2D eigenvalue weighted by Crippen LogP contribution is 2.30. The molecule has 0 aliphatic carbocycles. The number of ether oxygens (including phenoxy) is 4. The van der Waals surface area contributed by atoms with Gasteiger partial charge in [-0.05, 0) is 42.0 Å². The van der Waals surface area contributed by atoms with Crippen LogP contribution in [0.5, 0.6) is 17.2 Å². The molecule has 7 heteroatoms. The van der Waals surface area contributed by atoms with E-state index in [1.54, 1.807) is 43.5 Å². The molecule has 0 unspecified atom stereocenters. The molecule has 30 heavy (non-hydrogen) atoms. The molecule has 0 saturated carbocycles. The van der Waals surface area contributed by atoms with Crippen molar-refractivity contribution in [2.45, 2.75) is 0 Å². The van der Waals surface area contributed by atoms with Crippen molar-refractivity contribution in [3.05, 3.63) is 65.9 Å². The summed E-state index contributed by atoms with van der Waals surface area (Å²) in [5.41, 5.74) is 1.29. The Hall–Kier alpha value is -4.00. The number of hydrogen-bond acceptors (Lipinski definition) is 7. The summed E-state index contributed by atoms with van der Waals surface area (Å²) in [5.74, 6) is 0.616. The Bertz CT molecular complexity index is 1120. The van der Waals surface area contributed by atoms with E-state index in [9.17, 15) is 9.59 Å². The molecule has 0 atom stereocenters. The summed E-state index contributed by atoms with van der Waals surface area (Å²) in [5, 5.41) is 0.861. The van der Waals surface area contributed by atoms with Gasteiger partial charge in [0.2, 0.25) is 0 Å². The number of furan rings is 1. The van der Waals surface area contributed by atoms with Crippen LogP contribution >= 0.6 is 0 Å². The second-order valence-corrected chi connectivity index (χ2v) is 6.05. The predicted octanol–water partition coefficient (Wildman–Crippen LogP) is 4.26. The average molecular weight is 408 g/mol. The van der Waals surface area contributed by atoms with Gasteiger partial charge in [-0.1, -0.05) is 18.2 Å². The minimum Gasteiger partial charge on any atom is -0.493 e. The highest BCUT2D eigenvalue weighted by atomic mass is 16.6. The average Bonchev–Trinajstić information content (AvgIpc) is 3.19. The molecule has 0 saturated heterocycles.